The lowest BCUT2D eigenvalue weighted by Crippen LogP contribution is -2.45. The molecule has 0 bridgehead atoms. The van der Waals surface area contributed by atoms with Gasteiger partial charge in [0, 0.05) is 23.6 Å². The van der Waals surface area contributed by atoms with Crippen LogP contribution in [-0.2, 0) is 9.59 Å². The maximum Gasteiger partial charge on any atom is 0.326 e. The summed E-state index contributed by atoms with van der Waals surface area (Å²) in [6, 6.07) is 4.64. The molecular weight excluding hydrogens is 300 g/mol. The Balaban J connectivity index is 2.71. The van der Waals surface area contributed by atoms with Crippen molar-refractivity contribution in [3.05, 3.63) is 24.3 Å². The number of carbonyl (C=O) groups excluding carboxylic acids is 2. The molecule has 0 aromatic heterocycles. The molecule has 0 saturated heterocycles. The SMILES string of the molecule is COc1cccc(NC(=O)NC(CC(=O)C(C)(C)C)C(=O)O)c1. The quantitative estimate of drug-likeness (QED) is 0.745. The minimum atomic E-state index is -1.28. The summed E-state index contributed by atoms with van der Waals surface area (Å²) in [7, 11) is 1.50. The van der Waals surface area contributed by atoms with Gasteiger partial charge >= 0.3 is 12.0 Å². The molecule has 1 atom stereocenters. The molecule has 126 valence electrons. The summed E-state index contributed by atoms with van der Waals surface area (Å²) >= 11 is 0. The molecule has 2 amide bonds. The number of carbonyl (C=O) groups is 3. The zero-order valence-corrected chi connectivity index (χ0v) is 13.7. The fourth-order valence-corrected chi connectivity index (χ4v) is 1.72. The normalized spacial score (nSPS) is 12.2. The van der Waals surface area contributed by atoms with Gasteiger partial charge in [0.1, 0.15) is 17.6 Å². The van der Waals surface area contributed by atoms with Crippen LogP contribution in [0.2, 0.25) is 0 Å². The number of carboxylic acids is 1. The Labute approximate surface area is 135 Å². The fraction of sp³-hybridized carbons (Fsp3) is 0.438. The van der Waals surface area contributed by atoms with Gasteiger partial charge in [0.25, 0.3) is 0 Å². The van der Waals surface area contributed by atoms with Crippen LogP contribution in [0.3, 0.4) is 0 Å². The Hall–Kier alpha value is -2.57. The van der Waals surface area contributed by atoms with Crippen LogP contribution in [0.1, 0.15) is 27.2 Å². The Morgan fingerprint density at radius 3 is 2.43 bits per heavy atom. The van der Waals surface area contributed by atoms with E-state index in [1.807, 2.05) is 0 Å². The molecule has 0 heterocycles. The van der Waals surface area contributed by atoms with Gasteiger partial charge < -0.3 is 20.5 Å². The van der Waals surface area contributed by atoms with E-state index in [4.69, 9.17) is 4.74 Å². The van der Waals surface area contributed by atoms with Crippen molar-refractivity contribution in [1.29, 1.82) is 0 Å². The first kappa shape index (κ1) is 18.5. The van der Waals surface area contributed by atoms with Gasteiger partial charge in [0.15, 0.2) is 0 Å². The van der Waals surface area contributed by atoms with Gasteiger partial charge in [-0.3, -0.25) is 4.79 Å². The molecule has 0 aliphatic rings. The van der Waals surface area contributed by atoms with E-state index >= 15 is 0 Å². The van der Waals surface area contributed by atoms with Gasteiger partial charge in [0.05, 0.1) is 7.11 Å². The molecule has 0 saturated carbocycles. The highest BCUT2D eigenvalue weighted by Crippen LogP contribution is 2.18. The summed E-state index contributed by atoms with van der Waals surface area (Å²) in [4.78, 5) is 35.1. The first-order valence-electron chi connectivity index (χ1n) is 7.11. The topological polar surface area (TPSA) is 105 Å². The smallest absolute Gasteiger partial charge is 0.326 e. The average molecular weight is 322 g/mol. The monoisotopic (exact) mass is 322 g/mol. The second kappa shape index (κ2) is 7.62. The van der Waals surface area contributed by atoms with Crippen molar-refractivity contribution in [3.63, 3.8) is 0 Å². The lowest BCUT2D eigenvalue weighted by atomic mass is 9.87. The minimum absolute atomic E-state index is 0.244. The molecule has 0 radical (unpaired) electrons. The van der Waals surface area contributed by atoms with Crippen LogP contribution in [0.5, 0.6) is 5.75 Å². The van der Waals surface area contributed by atoms with Gasteiger partial charge in [-0.1, -0.05) is 26.8 Å². The molecule has 0 aliphatic heterocycles. The highest BCUT2D eigenvalue weighted by Gasteiger charge is 2.29. The molecule has 1 aromatic rings. The number of hydrogen-bond donors (Lipinski definition) is 3. The van der Waals surface area contributed by atoms with Crippen molar-refractivity contribution in [2.24, 2.45) is 5.41 Å². The standard InChI is InChI=1S/C16H22N2O5/c1-16(2,3)13(19)9-12(14(20)21)18-15(22)17-10-6-5-7-11(8-10)23-4/h5-8,12H,9H2,1-4H3,(H,20,21)(H2,17,18,22). The third-order valence-corrected chi connectivity index (χ3v) is 3.16. The van der Waals surface area contributed by atoms with Crippen molar-refractivity contribution in [3.8, 4) is 5.75 Å². The lowest BCUT2D eigenvalue weighted by Gasteiger charge is -2.20. The van der Waals surface area contributed by atoms with Crippen LogP contribution in [0.15, 0.2) is 24.3 Å². The van der Waals surface area contributed by atoms with Crippen molar-refractivity contribution in [2.45, 2.75) is 33.2 Å². The van der Waals surface area contributed by atoms with Crippen LogP contribution in [0.25, 0.3) is 0 Å². The van der Waals surface area contributed by atoms with E-state index in [0.29, 0.717) is 11.4 Å². The summed E-state index contributed by atoms with van der Waals surface area (Å²) in [6.45, 7) is 5.10. The molecule has 3 N–H and O–H groups in total. The first-order chi connectivity index (χ1) is 10.6. The number of carboxylic acid groups (broad SMARTS) is 1. The number of benzene rings is 1. The molecule has 1 rings (SSSR count). The van der Waals surface area contributed by atoms with E-state index < -0.39 is 23.5 Å². The van der Waals surface area contributed by atoms with Crippen LogP contribution in [-0.4, -0.2) is 36.0 Å². The number of rotatable bonds is 6. The summed E-state index contributed by atoms with van der Waals surface area (Å²) in [5.41, 5.74) is -0.216. The number of aliphatic carboxylic acids is 1. The van der Waals surface area contributed by atoms with E-state index in [9.17, 15) is 19.5 Å². The molecule has 1 aromatic carbocycles. The van der Waals surface area contributed by atoms with E-state index in [1.165, 1.54) is 7.11 Å². The second-order valence-corrected chi connectivity index (χ2v) is 6.10. The van der Waals surface area contributed by atoms with Crippen LogP contribution in [0, 0.1) is 5.41 Å². The van der Waals surface area contributed by atoms with Gasteiger partial charge in [-0.05, 0) is 12.1 Å². The van der Waals surface area contributed by atoms with E-state index in [-0.39, 0.29) is 12.2 Å². The largest absolute Gasteiger partial charge is 0.497 e. The predicted molar refractivity (Wildman–Crippen MR) is 85.7 cm³/mol. The van der Waals surface area contributed by atoms with Crippen molar-refractivity contribution >= 4 is 23.5 Å². The highest BCUT2D eigenvalue weighted by atomic mass is 16.5. The highest BCUT2D eigenvalue weighted by molar-refractivity contribution is 5.95. The number of ether oxygens (including phenoxy) is 1. The number of hydrogen-bond acceptors (Lipinski definition) is 4. The van der Waals surface area contributed by atoms with Crippen LogP contribution >= 0.6 is 0 Å². The number of amides is 2. The van der Waals surface area contributed by atoms with Crippen LogP contribution < -0.4 is 15.4 Å². The predicted octanol–water partition coefficient (Wildman–Crippen LogP) is 2.28. The van der Waals surface area contributed by atoms with Gasteiger partial charge in [-0.2, -0.15) is 0 Å². The van der Waals surface area contributed by atoms with Gasteiger partial charge in [-0.15, -0.1) is 0 Å². The summed E-state index contributed by atoms with van der Waals surface area (Å²) in [6.07, 6.45) is -0.273. The molecule has 0 fully saturated rings. The van der Waals surface area contributed by atoms with E-state index in [0.717, 1.165) is 0 Å². The molecule has 7 heteroatoms. The Bertz CT molecular complexity index is 592. The number of methoxy groups -OCH3 is 1. The summed E-state index contributed by atoms with van der Waals surface area (Å²) in [5, 5.41) is 14.0. The molecular formula is C16H22N2O5. The third-order valence-electron chi connectivity index (χ3n) is 3.16. The van der Waals surface area contributed by atoms with Gasteiger partial charge in [0.2, 0.25) is 0 Å². The number of urea groups is 1. The van der Waals surface area contributed by atoms with Crippen molar-refractivity contribution in [2.75, 3.05) is 12.4 Å². The minimum Gasteiger partial charge on any atom is -0.497 e. The zero-order valence-electron chi connectivity index (χ0n) is 13.7. The zero-order chi connectivity index (χ0) is 17.6. The fourth-order valence-electron chi connectivity index (χ4n) is 1.72. The molecule has 0 aliphatic carbocycles. The van der Waals surface area contributed by atoms with Crippen LogP contribution in [0.4, 0.5) is 10.5 Å². The molecule has 1 unspecified atom stereocenters. The maximum absolute atomic E-state index is 12.0. The Morgan fingerprint density at radius 1 is 1.26 bits per heavy atom. The molecule has 0 spiro atoms. The maximum atomic E-state index is 12.0. The van der Waals surface area contributed by atoms with E-state index in [2.05, 4.69) is 10.6 Å². The van der Waals surface area contributed by atoms with E-state index in [1.54, 1.807) is 45.0 Å². The van der Waals surface area contributed by atoms with Crippen molar-refractivity contribution < 1.29 is 24.2 Å². The second-order valence-electron chi connectivity index (χ2n) is 6.10. The molecule has 23 heavy (non-hydrogen) atoms. The molecule has 7 nitrogen and oxygen atoms in total. The number of ketones is 1. The first-order valence-corrected chi connectivity index (χ1v) is 7.11. The lowest BCUT2D eigenvalue weighted by molar-refractivity contribution is -0.141. The third kappa shape index (κ3) is 5.98. The van der Waals surface area contributed by atoms with Gasteiger partial charge in [-0.25, -0.2) is 9.59 Å². The summed E-state index contributed by atoms with van der Waals surface area (Å²) in [5.74, 6) is -0.949. The van der Waals surface area contributed by atoms with Crippen molar-refractivity contribution in [1.82, 2.24) is 5.32 Å². The average Bonchev–Trinajstić information content (AvgIpc) is 2.45. The Morgan fingerprint density at radius 2 is 1.91 bits per heavy atom. The Kier molecular flexibility index (Phi) is 6.12. The number of Topliss-reactive ketones (excluding diaryl/α,β-unsaturated/α-hetero) is 1. The number of anilines is 1. The number of nitrogens with one attached hydrogen (secondary N) is 2. The summed E-state index contributed by atoms with van der Waals surface area (Å²) < 4.78 is 5.04.